The number of hydrogen-bond acceptors (Lipinski definition) is 5. The van der Waals surface area contributed by atoms with Gasteiger partial charge < -0.3 is 20.1 Å². The van der Waals surface area contributed by atoms with Crippen LogP contribution in [0.25, 0.3) is 0 Å². The number of rotatable bonds is 7. The highest BCUT2D eigenvalue weighted by Crippen LogP contribution is 2.43. The Balaban J connectivity index is 1.31. The summed E-state index contributed by atoms with van der Waals surface area (Å²) in [5, 5.41) is 17.3. The summed E-state index contributed by atoms with van der Waals surface area (Å²) in [4.78, 5) is 51.4. The predicted molar refractivity (Wildman–Crippen MR) is 149 cm³/mol. The van der Waals surface area contributed by atoms with Gasteiger partial charge in [-0.1, -0.05) is 41.9 Å². The fourth-order valence-corrected chi connectivity index (χ4v) is 5.35. The third kappa shape index (κ3) is 6.02. The van der Waals surface area contributed by atoms with Crippen molar-refractivity contribution in [1.29, 1.82) is 0 Å². The zero-order valence-corrected chi connectivity index (χ0v) is 22.1. The highest BCUT2D eigenvalue weighted by molar-refractivity contribution is 6.30. The molecular weight excluding hydrogens is 536 g/mol. The lowest BCUT2D eigenvalue weighted by Crippen LogP contribution is -2.44. The molecule has 0 bridgehead atoms. The van der Waals surface area contributed by atoms with Gasteiger partial charge in [-0.25, -0.2) is 9.59 Å². The molecule has 1 spiro atoms. The summed E-state index contributed by atoms with van der Waals surface area (Å²) in [6.45, 7) is 0.554. The number of carbonyl (C=O) groups excluding carboxylic acids is 3. The Bertz CT molecular complexity index is 1450. The number of benzene rings is 3. The molecule has 5 rings (SSSR count). The molecule has 10 nitrogen and oxygen atoms in total. The van der Waals surface area contributed by atoms with E-state index in [1.807, 2.05) is 30.3 Å². The fraction of sp³-hybridized carbons (Fsp3) is 0.241. The van der Waals surface area contributed by atoms with Crippen LogP contribution in [0.3, 0.4) is 0 Å². The van der Waals surface area contributed by atoms with Crippen LogP contribution in [0.4, 0.5) is 21.0 Å². The Hall–Kier alpha value is -4.57. The Kier molecular flexibility index (Phi) is 7.61. The molecule has 40 heavy (non-hydrogen) atoms. The lowest BCUT2D eigenvalue weighted by atomic mass is 9.90. The van der Waals surface area contributed by atoms with Gasteiger partial charge in [0.1, 0.15) is 0 Å². The van der Waals surface area contributed by atoms with Gasteiger partial charge in [-0.15, -0.1) is 0 Å². The van der Waals surface area contributed by atoms with Crippen LogP contribution >= 0.6 is 11.6 Å². The zero-order valence-electron chi connectivity index (χ0n) is 21.4. The first-order chi connectivity index (χ1) is 19.2. The summed E-state index contributed by atoms with van der Waals surface area (Å²) < 4.78 is 5.74. The fourth-order valence-electron chi connectivity index (χ4n) is 5.18. The molecule has 0 aliphatic carbocycles. The van der Waals surface area contributed by atoms with Gasteiger partial charge in [0.15, 0.2) is 5.60 Å². The molecule has 11 heteroatoms. The van der Waals surface area contributed by atoms with Crippen molar-refractivity contribution >= 4 is 47.0 Å². The summed E-state index contributed by atoms with van der Waals surface area (Å²) in [5.41, 5.74) is 1.96. The lowest BCUT2D eigenvalue weighted by molar-refractivity contribution is -0.131. The molecule has 4 amide bonds. The lowest BCUT2D eigenvalue weighted by Gasteiger charge is -2.35. The Morgan fingerprint density at radius 2 is 1.82 bits per heavy atom. The van der Waals surface area contributed by atoms with Gasteiger partial charge in [0.2, 0.25) is 5.91 Å². The average molecular weight is 563 g/mol. The van der Waals surface area contributed by atoms with E-state index in [0.717, 1.165) is 11.1 Å². The van der Waals surface area contributed by atoms with E-state index in [2.05, 4.69) is 16.0 Å². The van der Waals surface area contributed by atoms with Crippen LogP contribution in [-0.2, 0) is 21.6 Å². The van der Waals surface area contributed by atoms with Crippen molar-refractivity contribution in [2.75, 3.05) is 23.7 Å². The number of fused-ring (bicyclic) bond motifs is 2. The smallest absolute Gasteiger partial charge is 0.412 e. The molecule has 0 radical (unpaired) electrons. The van der Waals surface area contributed by atoms with Crippen molar-refractivity contribution in [2.45, 2.75) is 30.9 Å². The maximum absolute atomic E-state index is 13.5. The van der Waals surface area contributed by atoms with Gasteiger partial charge in [-0.2, -0.15) is 0 Å². The molecule has 2 heterocycles. The number of likely N-dealkylation sites (tertiary alicyclic amines) is 1. The number of nitrogens with zero attached hydrogens (tertiary/aromatic N) is 1. The number of carbonyl (C=O) groups is 4. The average Bonchev–Trinajstić information content (AvgIpc) is 3.34. The third-order valence-electron chi connectivity index (χ3n) is 7.06. The highest BCUT2D eigenvalue weighted by atomic mass is 35.5. The van der Waals surface area contributed by atoms with E-state index in [1.54, 1.807) is 23.1 Å². The molecule has 1 saturated heterocycles. The molecule has 206 valence electrons. The minimum absolute atomic E-state index is 0.0317. The molecule has 3 aromatic carbocycles. The van der Waals surface area contributed by atoms with E-state index < -0.39 is 23.8 Å². The number of amides is 4. The predicted octanol–water partition coefficient (Wildman–Crippen LogP) is 4.85. The van der Waals surface area contributed by atoms with Gasteiger partial charge >= 0.3 is 12.2 Å². The molecule has 2 aliphatic rings. The van der Waals surface area contributed by atoms with E-state index >= 15 is 0 Å². The van der Waals surface area contributed by atoms with Crippen LogP contribution in [-0.4, -0.2) is 53.1 Å². The van der Waals surface area contributed by atoms with Crippen molar-refractivity contribution < 1.29 is 29.0 Å². The first-order valence-corrected chi connectivity index (χ1v) is 13.1. The molecule has 1 unspecified atom stereocenters. The first kappa shape index (κ1) is 27.0. The van der Waals surface area contributed by atoms with Crippen molar-refractivity contribution in [1.82, 2.24) is 10.2 Å². The number of anilines is 2. The minimum atomic E-state index is -1.20. The highest BCUT2D eigenvalue weighted by Gasteiger charge is 2.48. The van der Waals surface area contributed by atoms with Crippen LogP contribution in [0.5, 0.6) is 0 Å². The summed E-state index contributed by atoms with van der Waals surface area (Å²) >= 11 is 6.23. The second kappa shape index (κ2) is 11.3. The summed E-state index contributed by atoms with van der Waals surface area (Å²) in [6.07, 6.45) is -0.903. The Morgan fingerprint density at radius 3 is 2.55 bits per heavy atom. The van der Waals surface area contributed by atoms with Crippen LogP contribution in [0.1, 0.15) is 34.3 Å². The standard InChI is InChI=1S/C29H27ClN4O6/c30-20-8-11-24-23(15-20)29(40-28(39)33-24)12-13-34(17-29)25(35)16-22(14-18-4-2-1-3-5-18)31-26(36)19-6-9-21(10-7-19)32-27(37)38/h1-11,15,22,32H,12-14,16-17H2,(H,31,36)(H,33,39)(H,37,38)/t22-,29?/m0/s1. The van der Waals surface area contributed by atoms with Gasteiger partial charge in [-0.3, -0.25) is 20.2 Å². The minimum Gasteiger partial charge on any atom is -0.465 e. The van der Waals surface area contributed by atoms with E-state index in [-0.39, 0.29) is 24.8 Å². The second-order valence-electron chi connectivity index (χ2n) is 9.84. The van der Waals surface area contributed by atoms with E-state index in [0.29, 0.717) is 41.3 Å². The van der Waals surface area contributed by atoms with Crippen molar-refractivity contribution in [3.63, 3.8) is 0 Å². The maximum atomic E-state index is 13.5. The van der Waals surface area contributed by atoms with Crippen molar-refractivity contribution in [3.05, 3.63) is 94.5 Å². The molecule has 0 aromatic heterocycles. The number of ether oxygens (including phenoxy) is 1. The van der Waals surface area contributed by atoms with Gasteiger partial charge in [-0.05, 0) is 54.4 Å². The summed E-state index contributed by atoms with van der Waals surface area (Å²) in [6, 6.07) is 20.2. The molecule has 2 aliphatic heterocycles. The van der Waals surface area contributed by atoms with Crippen molar-refractivity contribution in [2.24, 2.45) is 0 Å². The van der Waals surface area contributed by atoms with Gasteiger partial charge in [0.25, 0.3) is 5.91 Å². The van der Waals surface area contributed by atoms with Crippen LogP contribution in [0, 0.1) is 0 Å². The van der Waals surface area contributed by atoms with Crippen LogP contribution < -0.4 is 16.0 Å². The van der Waals surface area contributed by atoms with E-state index in [9.17, 15) is 19.2 Å². The molecule has 3 aromatic rings. The maximum Gasteiger partial charge on any atom is 0.412 e. The molecular formula is C29H27ClN4O6. The normalized spacial score (nSPS) is 18.3. The topological polar surface area (TPSA) is 137 Å². The molecule has 0 saturated carbocycles. The number of halogens is 1. The molecule has 4 N–H and O–H groups in total. The monoisotopic (exact) mass is 562 g/mol. The van der Waals surface area contributed by atoms with Crippen LogP contribution in [0.2, 0.25) is 5.02 Å². The van der Waals surface area contributed by atoms with Crippen molar-refractivity contribution in [3.8, 4) is 0 Å². The number of nitrogens with one attached hydrogen (secondary N) is 3. The van der Waals surface area contributed by atoms with Crippen LogP contribution in [0.15, 0.2) is 72.8 Å². The number of carboxylic acid groups (broad SMARTS) is 1. The summed E-state index contributed by atoms with van der Waals surface area (Å²) in [7, 11) is 0. The quantitative estimate of drug-likeness (QED) is 0.325. The number of hydrogen-bond donors (Lipinski definition) is 4. The van der Waals surface area contributed by atoms with Gasteiger partial charge in [0, 0.05) is 47.3 Å². The SMILES string of the molecule is O=C(O)Nc1ccc(C(=O)N[C@H](CC(=O)N2CCC3(C2)OC(=O)Nc2ccc(Cl)cc23)Cc2ccccc2)cc1. The Labute approximate surface area is 235 Å². The summed E-state index contributed by atoms with van der Waals surface area (Å²) in [5.74, 6) is -0.568. The molecule has 1 fully saturated rings. The van der Waals surface area contributed by atoms with E-state index in [1.165, 1.54) is 24.3 Å². The van der Waals surface area contributed by atoms with E-state index in [4.69, 9.17) is 21.4 Å². The third-order valence-corrected chi connectivity index (χ3v) is 7.30. The first-order valence-electron chi connectivity index (χ1n) is 12.7. The zero-order chi connectivity index (χ0) is 28.3. The largest absolute Gasteiger partial charge is 0.465 e. The molecule has 2 atom stereocenters. The Morgan fingerprint density at radius 1 is 1.07 bits per heavy atom. The second-order valence-corrected chi connectivity index (χ2v) is 10.3. The van der Waals surface area contributed by atoms with Gasteiger partial charge in [0.05, 0.1) is 12.2 Å².